The number of hydrogen-bond donors (Lipinski definition) is 2. The number of thiazole rings is 1. The van der Waals surface area contributed by atoms with E-state index in [2.05, 4.69) is 16.4 Å². The number of nitrogens with two attached hydrogens (primary N) is 1. The number of amides is 1. The Morgan fingerprint density at radius 3 is 2.94 bits per heavy atom. The molecule has 0 saturated heterocycles. The quantitative estimate of drug-likeness (QED) is 0.814. The second-order valence-electron chi connectivity index (χ2n) is 4.01. The number of nitriles is 1. The Labute approximate surface area is 98.3 Å². The van der Waals surface area contributed by atoms with Crippen LogP contribution in [0.15, 0.2) is 5.38 Å². The van der Waals surface area contributed by atoms with E-state index in [4.69, 9.17) is 11.0 Å². The maximum absolute atomic E-state index is 11.6. The fourth-order valence-electron chi connectivity index (χ4n) is 0.940. The molecule has 3 N–H and O–H groups in total. The van der Waals surface area contributed by atoms with Crippen molar-refractivity contribution in [2.75, 3.05) is 6.54 Å². The largest absolute Gasteiger partial charge is 0.349 e. The molecule has 0 aromatic carbocycles. The van der Waals surface area contributed by atoms with E-state index in [1.807, 2.05) is 0 Å². The van der Waals surface area contributed by atoms with Gasteiger partial charge in [0.05, 0.1) is 11.5 Å². The first-order valence-corrected chi connectivity index (χ1v) is 5.70. The van der Waals surface area contributed by atoms with Crippen molar-refractivity contribution in [2.24, 2.45) is 11.1 Å². The van der Waals surface area contributed by atoms with E-state index < -0.39 is 5.41 Å². The Balaban J connectivity index is 2.57. The number of rotatable bonds is 4. The van der Waals surface area contributed by atoms with Crippen molar-refractivity contribution in [3.05, 3.63) is 16.1 Å². The Hall–Kier alpha value is -1.45. The first-order valence-electron chi connectivity index (χ1n) is 4.82. The highest BCUT2D eigenvalue weighted by molar-refractivity contribution is 7.09. The molecular formula is C10H14N4OS. The monoisotopic (exact) mass is 238 g/mol. The number of hydrogen-bond acceptors (Lipinski definition) is 5. The topological polar surface area (TPSA) is 91.8 Å². The van der Waals surface area contributed by atoms with E-state index in [0.717, 1.165) is 5.01 Å². The average Bonchev–Trinajstić information content (AvgIpc) is 2.74. The van der Waals surface area contributed by atoms with Gasteiger partial charge in [0.1, 0.15) is 10.7 Å². The van der Waals surface area contributed by atoms with E-state index in [-0.39, 0.29) is 5.91 Å². The van der Waals surface area contributed by atoms with Crippen molar-refractivity contribution >= 4 is 17.2 Å². The zero-order valence-corrected chi connectivity index (χ0v) is 10.1. The fraction of sp³-hybridized carbons (Fsp3) is 0.500. The zero-order valence-electron chi connectivity index (χ0n) is 9.28. The third kappa shape index (κ3) is 3.29. The standard InChI is InChI=1S/C10H14N4OS/c1-10(2,5-12)6-13-9(15)7-4-16-8(3-11)14-7/h4H,3,6,11H2,1-2H3,(H,13,15). The van der Waals surface area contributed by atoms with Gasteiger partial charge in [-0.15, -0.1) is 11.3 Å². The fourth-order valence-corrected chi connectivity index (χ4v) is 1.59. The third-order valence-electron chi connectivity index (χ3n) is 1.95. The second kappa shape index (κ2) is 5.05. The van der Waals surface area contributed by atoms with Crippen LogP contribution in [0, 0.1) is 16.7 Å². The van der Waals surface area contributed by atoms with Crippen LogP contribution >= 0.6 is 11.3 Å². The van der Waals surface area contributed by atoms with Gasteiger partial charge in [-0.3, -0.25) is 4.79 Å². The molecule has 0 atom stereocenters. The summed E-state index contributed by atoms with van der Waals surface area (Å²) in [7, 11) is 0. The maximum Gasteiger partial charge on any atom is 0.270 e. The molecule has 1 aromatic rings. The van der Waals surface area contributed by atoms with Crippen molar-refractivity contribution in [3.63, 3.8) is 0 Å². The number of carbonyl (C=O) groups excluding carboxylic acids is 1. The molecule has 1 aromatic heterocycles. The van der Waals surface area contributed by atoms with Crippen LogP contribution in [0.25, 0.3) is 0 Å². The van der Waals surface area contributed by atoms with E-state index in [1.165, 1.54) is 11.3 Å². The Morgan fingerprint density at radius 1 is 1.75 bits per heavy atom. The van der Waals surface area contributed by atoms with E-state index in [1.54, 1.807) is 19.2 Å². The number of carbonyl (C=O) groups is 1. The lowest BCUT2D eigenvalue weighted by atomic mass is 9.96. The SMILES string of the molecule is CC(C)(C#N)CNC(=O)c1csc(CN)n1. The lowest BCUT2D eigenvalue weighted by Gasteiger charge is -2.14. The highest BCUT2D eigenvalue weighted by Crippen LogP contribution is 2.12. The van der Waals surface area contributed by atoms with Crippen LogP contribution < -0.4 is 11.1 Å². The number of nitrogens with one attached hydrogen (secondary N) is 1. The lowest BCUT2D eigenvalue weighted by molar-refractivity contribution is 0.0939. The van der Waals surface area contributed by atoms with E-state index >= 15 is 0 Å². The molecule has 0 aliphatic rings. The van der Waals surface area contributed by atoms with Gasteiger partial charge in [0, 0.05) is 18.5 Å². The molecule has 1 heterocycles. The summed E-state index contributed by atoms with van der Waals surface area (Å²) < 4.78 is 0. The van der Waals surface area contributed by atoms with Crippen molar-refractivity contribution in [1.29, 1.82) is 5.26 Å². The smallest absolute Gasteiger partial charge is 0.270 e. The van der Waals surface area contributed by atoms with Crippen LogP contribution in [-0.4, -0.2) is 17.4 Å². The molecule has 0 aliphatic carbocycles. The van der Waals surface area contributed by atoms with Crippen LogP contribution in [0.5, 0.6) is 0 Å². The van der Waals surface area contributed by atoms with Crippen LogP contribution in [0.3, 0.4) is 0 Å². The number of nitrogens with zero attached hydrogens (tertiary/aromatic N) is 2. The Morgan fingerprint density at radius 2 is 2.44 bits per heavy atom. The summed E-state index contributed by atoms with van der Waals surface area (Å²) in [6.45, 7) is 4.17. The predicted octanol–water partition coefficient (Wildman–Crippen LogP) is 0.881. The van der Waals surface area contributed by atoms with Gasteiger partial charge in [0.25, 0.3) is 5.91 Å². The first kappa shape index (κ1) is 12.6. The molecule has 5 nitrogen and oxygen atoms in total. The van der Waals surface area contributed by atoms with Gasteiger partial charge in [-0.2, -0.15) is 5.26 Å². The summed E-state index contributed by atoms with van der Waals surface area (Å²) in [5.41, 5.74) is 5.19. The van der Waals surface area contributed by atoms with Crippen molar-refractivity contribution < 1.29 is 4.79 Å². The van der Waals surface area contributed by atoms with Crippen LogP contribution in [0.2, 0.25) is 0 Å². The van der Waals surface area contributed by atoms with Crippen molar-refractivity contribution in [2.45, 2.75) is 20.4 Å². The molecule has 0 unspecified atom stereocenters. The van der Waals surface area contributed by atoms with Crippen LogP contribution in [-0.2, 0) is 6.54 Å². The molecular weight excluding hydrogens is 224 g/mol. The molecule has 0 radical (unpaired) electrons. The minimum atomic E-state index is -0.567. The molecule has 0 aliphatic heterocycles. The molecule has 16 heavy (non-hydrogen) atoms. The molecule has 0 fully saturated rings. The number of aromatic nitrogens is 1. The molecule has 0 spiro atoms. The summed E-state index contributed by atoms with van der Waals surface area (Å²) in [5, 5.41) is 13.8. The lowest BCUT2D eigenvalue weighted by Crippen LogP contribution is -2.33. The highest BCUT2D eigenvalue weighted by Gasteiger charge is 2.19. The maximum atomic E-state index is 11.6. The van der Waals surface area contributed by atoms with Gasteiger partial charge >= 0.3 is 0 Å². The third-order valence-corrected chi connectivity index (χ3v) is 2.82. The van der Waals surface area contributed by atoms with Gasteiger partial charge < -0.3 is 11.1 Å². The van der Waals surface area contributed by atoms with Crippen molar-refractivity contribution in [1.82, 2.24) is 10.3 Å². The normalized spacial score (nSPS) is 10.9. The first-order chi connectivity index (χ1) is 7.48. The second-order valence-corrected chi connectivity index (χ2v) is 4.95. The zero-order chi connectivity index (χ0) is 12.2. The molecule has 0 saturated carbocycles. The summed E-state index contributed by atoms with van der Waals surface area (Å²) in [5.74, 6) is -0.265. The average molecular weight is 238 g/mol. The minimum Gasteiger partial charge on any atom is -0.349 e. The van der Waals surface area contributed by atoms with Crippen molar-refractivity contribution in [3.8, 4) is 6.07 Å². The summed E-state index contributed by atoms with van der Waals surface area (Å²) in [4.78, 5) is 15.7. The van der Waals surface area contributed by atoms with Gasteiger partial charge in [0.15, 0.2) is 0 Å². The predicted molar refractivity (Wildman–Crippen MR) is 61.7 cm³/mol. The summed E-state index contributed by atoms with van der Waals surface area (Å²) in [6.07, 6.45) is 0. The van der Waals surface area contributed by atoms with Gasteiger partial charge in [-0.25, -0.2) is 4.98 Å². The van der Waals surface area contributed by atoms with Gasteiger partial charge in [-0.1, -0.05) is 0 Å². The highest BCUT2D eigenvalue weighted by atomic mass is 32.1. The van der Waals surface area contributed by atoms with Crippen LogP contribution in [0.4, 0.5) is 0 Å². The summed E-state index contributed by atoms with van der Waals surface area (Å²) >= 11 is 1.36. The van der Waals surface area contributed by atoms with Gasteiger partial charge in [0.2, 0.25) is 0 Å². The van der Waals surface area contributed by atoms with E-state index in [0.29, 0.717) is 18.8 Å². The Bertz CT molecular complexity index is 419. The van der Waals surface area contributed by atoms with Gasteiger partial charge in [-0.05, 0) is 13.8 Å². The molecule has 1 rings (SSSR count). The minimum absolute atomic E-state index is 0.265. The molecule has 0 bridgehead atoms. The van der Waals surface area contributed by atoms with Crippen LogP contribution in [0.1, 0.15) is 29.3 Å². The van der Waals surface area contributed by atoms with E-state index in [9.17, 15) is 4.79 Å². The Kier molecular flexibility index (Phi) is 3.99. The molecule has 6 heteroatoms. The molecule has 86 valence electrons. The molecule has 1 amide bonds. The summed E-state index contributed by atoms with van der Waals surface area (Å²) in [6, 6.07) is 2.11.